The lowest BCUT2D eigenvalue weighted by atomic mass is 9.88. The number of esters is 1. The Balaban J connectivity index is 1.50. The fraction of sp³-hybridized carbons (Fsp3) is 0.553. The molecule has 0 bridgehead atoms. The summed E-state index contributed by atoms with van der Waals surface area (Å²) in [7, 11) is 1.28. The molecule has 0 radical (unpaired) electrons. The number of amides is 4. The zero-order chi connectivity index (χ0) is 37.2. The first-order chi connectivity index (χ1) is 24.3. The van der Waals surface area contributed by atoms with Crippen LogP contribution in [0.25, 0.3) is 0 Å². The topological polar surface area (TPSA) is 212 Å². The van der Waals surface area contributed by atoms with Crippen molar-refractivity contribution in [2.24, 2.45) is 23.1 Å². The van der Waals surface area contributed by atoms with E-state index in [0.717, 1.165) is 16.7 Å². The summed E-state index contributed by atoms with van der Waals surface area (Å²) in [5, 5.41) is 8.72. The number of rotatable bonds is 16. The van der Waals surface area contributed by atoms with Gasteiger partial charge in [0.05, 0.1) is 7.11 Å². The zero-order valence-corrected chi connectivity index (χ0v) is 30.1. The van der Waals surface area contributed by atoms with Crippen LogP contribution in [0.15, 0.2) is 54.6 Å². The highest BCUT2D eigenvalue weighted by molar-refractivity contribution is 5.96. The molecule has 1 aliphatic heterocycles. The van der Waals surface area contributed by atoms with Gasteiger partial charge in [-0.05, 0) is 80.5 Å². The minimum Gasteiger partial charge on any atom is -0.468 e. The number of hydrogen-bond acceptors (Lipinski definition) is 9. The third-order valence-electron chi connectivity index (χ3n) is 9.95. The van der Waals surface area contributed by atoms with Gasteiger partial charge >= 0.3 is 5.97 Å². The molecule has 2 aromatic carbocycles. The first-order valence-electron chi connectivity index (χ1n) is 18.0. The highest BCUT2D eigenvalue weighted by Crippen LogP contribution is 2.29. The molecule has 0 aromatic heterocycles. The van der Waals surface area contributed by atoms with Crippen LogP contribution in [0.4, 0.5) is 0 Å². The largest absolute Gasteiger partial charge is 0.468 e. The normalized spacial score (nSPS) is 17.8. The number of ether oxygens (including phenoxy) is 1. The van der Waals surface area contributed by atoms with E-state index in [1.54, 1.807) is 4.90 Å². The Morgan fingerprint density at radius 3 is 1.92 bits per heavy atom. The number of nitrogens with zero attached hydrogens (tertiary/aromatic N) is 1. The molecule has 9 N–H and O–H groups in total. The molecule has 1 heterocycles. The lowest BCUT2D eigenvalue weighted by Gasteiger charge is -2.38. The number of benzene rings is 2. The Morgan fingerprint density at radius 2 is 1.35 bits per heavy atom. The minimum atomic E-state index is -1.22. The molecule has 4 amide bonds. The van der Waals surface area contributed by atoms with Crippen molar-refractivity contribution in [1.82, 2.24) is 20.9 Å². The Kier molecular flexibility index (Phi) is 13.7. The molecule has 0 spiro atoms. The van der Waals surface area contributed by atoms with Crippen LogP contribution in [-0.2, 0) is 48.0 Å². The predicted molar refractivity (Wildman–Crippen MR) is 194 cm³/mol. The maximum atomic E-state index is 14.1. The van der Waals surface area contributed by atoms with Gasteiger partial charge in [0.1, 0.15) is 29.2 Å². The van der Waals surface area contributed by atoms with E-state index in [1.807, 2.05) is 68.4 Å². The molecule has 0 saturated carbocycles. The smallest absolute Gasteiger partial charge is 0.325 e. The van der Waals surface area contributed by atoms with E-state index in [9.17, 15) is 24.0 Å². The molecular formula is C38H55N7O6. The average Bonchev–Trinajstić information content (AvgIpc) is 3.48. The summed E-state index contributed by atoms with van der Waals surface area (Å²) in [6.07, 6.45) is 3.23. The van der Waals surface area contributed by atoms with Gasteiger partial charge in [-0.25, -0.2) is 0 Å². The van der Waals surface area contributed by atoms with Gasteiger partial charge in [0.2, 0.25) is 23.6 Å². The Hall–Kier alpha value is -4.33. The fourth-order valence-electron chi connectivity index (χ4n) is 6.92. The molecule has 278 valence electrons. The van der Waals surface area contributed by atoms with Crippen molar-refractivity contribution in [1.29, 1.82) is 0 Å². The summed E-state index contributed by atoms with van der Waals surface area (Å²) >= 11 is 0. The summed E-state index contributed by atoms with van der Waals surface area (Å²) in [6, 6.07) is 14.1. The van der Waals surface area contributed by atoms with Gasteiger partial charge in [-0.15, -0.1) is 0 Å². The Labute approximate surface area is 300 Å². The molecule has 4 rings (SSSR count). The first kappa shape index (κ1) is 39.5. The van der Waals surface area contributed by atoms with Crippen LogP contribution in [0.1, 0.15) is 69.1 Å². The highest BCUT2D eigenvalue weighted by atomic mass is 16.5. The van der Waals surface area contributed by atoms with Gasteiger partial charge in [-0.3, -0.25) is 24.0 Å². The second kappa shape index (κ2) is 17.7. The van der Waals surface area contributed by atoms with Crippen LogP contribution >= 0.6 is 0 Å². The van der Waals surface area contributed by atoms with E-state index in [0.29, 0.717) is 45.1 Å². The van der Waals surface area contributed by atoms with Crippen LogP contribution in [0.2, 0.25) is 0 Å². The van der Waals surface area contributed by atoms with Crippen molar-refractivity contribution in [2.45, 2.75) is 101 Å². The lowest BCUT2D eigenvalue weighted by Crippen LogP contribution is -2.62. The second-order valence-electron chi connectivity index (χ2n) is 14.5. The van der Waals surface area contributed by atoms with E-state index in [2.05, 4.69) is 16.0 Å². The van der Waals surface area contributed by atoms with E-state index < -0.39 is 52.9 Å². The van der Waals surface area contributed by atoms with Crippen LogP contribution in [0, 0.1) is 5.92 Å². The number of carbonyl (C=O) groups excluding carboxylic acids is 5. The molecule has 1 saturated heterocycles. The zero-order valence-electron chi connectivity index (χ0n) is 30.1. The van der Waals surface area contributed by atoms with Gasteiger partial charge in [-0.1, -0.05) is 68.4 Å². The van der Waals surface area contributed by atoms with Crippen molar-refractivity contribution in [3.63, 3.8) is 0 Å². The number of nitrogens with two attached hydrogens (primary N) is 3. The van der Waals surface area contributed by atoms with Crippen LogP contribution in [0.5, 0.6) is 0 Å². The SMILES string of the molecule is COC(=O)C1(N)CCN(C(=O)[C@@H](CCCCN)NC(=O)C(CC(C)C)NC(=O)[C@@H](Cc2ccccc2)NC(=O)C2(N)Cc3ccccc3C2)CC1. The van der Waals surface area contributed by atoms with Crippen molar-refractivity contribution in [2.75, 3.05) is 26.7 Å². The fourth-order valence-corrected chi connectivity index (χ4v) is 6.92. The summed E-state index contributed by atoms with van der Waals surface area (Å²) < 4.78 is 4.86. The number of piperidine rings is 1. The van der Waals surface area contributed by atoms with Crippen LogP contribution in [0.3, 0.4) is 0 Å². The molecule has 1 aliphatic carbocycles. The van der Waals surface area contributed by atoms with Crippen molar-refractivity contribution in [3.05, 3.63) is 71.3 Å². The molecule has 51 heavy (non-hydrogen) atoms. The number of methoxy groups -OCH3 is 1. The molecule has 2 aliphatic rings. The summed E-state index contributed by atoms with van der Waals surface area (Å²) in [5.74, 6) is -2.28. The summed E-state index contributed by atoms with van der Waals surface area (Å²) in [6.45, 7) is 4.76. The van der Waals surface area contributed by atoms with Gasteiger partial charge in [0.15, 0.2) is 0 Å². The van der Waals surface area contributed by atoms with Crippen molar-refractivity contribution >= 4 is 29.6 Å². The van der Waals surface area contributed by atoms with E-state index in [1.165, 1.54) is 7.11 Å². The quantitative estimate of drug-likeness (QED) is 0.108. The van der Waals surface area contributed by atoms with E-state index in [-0.39, 0.29) is 44.2 Å². The highest BCUT2D eigenvalue weighted by Gasteiger charge is 2.43. The maximum Gasteiger partial charge on any atom is 0.325 e. The molecular weight excluding hydrogens is 650 g/mol. The number of nitrogens with one attached hydrogen (secondary N) is 3. The third kappa shape index (κ3) is 10.4. The van der Waals surface area contributed by atoms with E-state index in [4.69, 9.17) is 21.9 Å². The third-order valence-corrected chi connectivity index (χ3v) is 9.95. The molecule has 2 aromatic rings. The standard InChI is InChI=1S/C38H55N7O6/c1-25(2)21-30(32(46)42-29(15-9-10-18-39)34(48)45-19-16-37(40,17-20-45)36(50)51-3)43-33(47)31(22-26-11-5-4-6-12-26)44-35(49)38(41)23-27-13-7-8-14-28(27)24-38/h4-8,11-14,25,29-31H,9-10,15-24,39-41H2,1-3H3,(H,42,46)(H,43,47)(H,44,49)/t29-,30?,31-/m1/s1. The Bertz CT molecular complexity index is 1500. The number of carbonyl (C=O) groups is 5. The van der Waals surface area contributed by atoms with Crippen molar-refractivity contribution in [3.8, 4) is 0 Å². The molecule has 1 fully saturated rings. The van der Waals surface area contributed by atoms with Gasteiger partial charge < -0.3 is 42.8 Å². The van der Waals surface area contributed by atoms with Crippen LogP contribution in [-0.4, -0.2) is 90.4 Å². The van der Waals surface area contributed by atoms with Crippen molar-refractivity contribution < 1.29 is 28.7 Å². The molecule has 13 heteroatoms. The number of fused-ring (bicyclic) bond motifs is 1. The Morgan fingerprint density at radius 1 is 0.784 bits per heavy atom. The molecule has 13 nitrogen and oxygen atoms in total. The second-order valence-corrected chi connectivity index (χ2v) is 14.5. The first-order valence-corrected chi connectivity index (χ1v) is 18.0. The lowest BCUT2D eigenvalue weighted by molar-refractivity contribution is -0.151. The van der Waals surface area contributed by atoms with Gasteiger partial charge in [0.25, 0.3) is 0 Å². The molecule has 1 unspecified atom stereocenters. The monoisotopic (exact) mass is 705 g/mol. The van der Waals surface area contributed by atoms with E-state index >= 15 is 0 Å². The predicted octanol–water partition coefficient (Wildman–Crippen LogP) is 0.848. The number of hydrogen-bond donors (Lipinski definition) is 6. The average molecular weight is 706 g/mol. The summed E-state index contributed by atoms with van der Waals surface area (Å²) in [4.78, 5) is 69.4. The molecule has 3 atom stereocenters. The number of unbranched alkanes of at least 4 members (excludes halogenated alkanes) is 1. The number of likely N-dealkylation sites (tertiary alicyclic amines) is 1. The van der Waals surface area contributed by atoms with Crippen LogP contribution < -0.4 is 33.2 Å². The van der Waals surface area contributed by atoms with Gasteiger partial charge in [0, 0.05) is 19.5 Å². The maximum absolute atomic E-state index is 14.1. The minimum absolute atomic E-state index is 0.0111. The van der Waals surface area contributed by atoms with Gasteiger partial charge in [-0.2, -0.15) is 0 Å². The summed E-state index contributed by atoms with van der Waals surface area (Å²) in [5.41, 5.74) is 19.1.